The first kappa shape index (κ1) is 24.8. The minimum absolute atomic E-state index is 0.178. The summed E-state index contributed by atoms with van der Waals surface area (Å²) in [7, 11) is 1.59. The number of hydrazone groups is 1. The maximum absolute atomic E-state index is 13.2. The number of fused-ring (bicyclic) bond motifs is 2. The molecule has 8 heteroatoms. The molecule has 8 nitrogen and oxygen atoms in total. The standard InChI is InChI=1S/C28H30N4O4/c1-18(2)17-36-28(34)31-25(14-20-15-29-24-11-7-6-10-22(20)24)27(33)32-30-16-23-21-9-5-4-8-19(21)12-13-26(23)35-3/h4-13,15-16,18,25,29H,14,17H2,1-3H3,(H,31,34)(H,32,33). The lowest BCUT2D eigenvalue weighted by atomic mass is 10.0. The van der Waals surface area contributed by atoms with Crippen LogP contribution < -0.4 is 15.5 Å². The fraction of sp³-hybridized carbons (Fsp3) is 0.250. The van der Waals surface area contributed by atoms with E-state index in [2.05, 4.69) is 20.8 Å². The van der Waals surface area contributed by atoms with Gasteiger partial charge in [0.15, 0.2) is 0 Å². The van der Waals surface area contributed by atoms with Crippen molar-refractivity contribution in [1.82, 2.24) is 15.7 Å². The Bertz CT molecular complexity index is 1390. The van der Waals surface area contributed by atoms with Crippen molar-refractivity contribution < 1.29 is 19.1 Å². The predicted octanol–water partition coefficient (Wildman–Crippen LogP) is 4.77. The molecule has 3 N–H and O–H groups in total. The number of methoxy groups -OCH3 is 1. The molecule has 0 aliphatic heterocycles. The molecule has 0 aliphatic carbocycles. The highest BCUT2D eigenvalue weighted by molar-refractivity contribution is 6.02. The van der Waals surface area contributed by atoms with E-state index in [1.54, 1.807) is 13.3 Å². The van der Waals surface area contributed by atoms with E-state index >= 15 is 0 Å². The molecule has 1 heterocycles. The second-order valence-corrected chi connectivity index (χ2v) is 8.89. The molecule has 0 fully saturated rings. The fourth-order valence-electron chi connectivity index (χ4n) is 3.98. The Hall–Kier alpha value is -4.33. The number of hydrogen-bond acceptors (Lipinski definition) is 5. The summed E-state index contributed by atoms with van der Waals surface area (Å²) >= 11 is 0. The minimum atomic E-state index is -0.893. The highest BCUT2D eigenvalue weighted by atomic mass is 16.5. The van der Waals surface area contributed by atoms with Crippen molar-refractivity contribution in [2.45, 2.75) is 26.3 Å². The van der Waals surface area contributed by atoms with Gasteiger partial charge < -0.3 is 19.8 Å². The van der Waals surface area contributed by atoms with Gasteiger partial charge in [0, 0.05) is 29.1 Å². The molecule has 1 aromatic heterocycles. The predicted molar refractivity (Wildman–Crippen MR) is 141 cm³/mol. The lowest BCUT2D eigenvalue weighted by Gasteiger charge is -2.17. The number of carbonyl (C=O) groups is 2. The van der Waals surface area contributed by atoms with Gasteiger partial charge in [-0.25, -0.2) is 10.2 Å². The molecule has 186 valence electrons. The van der Waals surface area contributed by atoms with Crippen LogP contribution in [0, 0.1) is 5.92 Å². The number of rotatable bonds is 9. The summed E-state index contributed by atoms with van der Waals surface area (Å²) in [4.78, 5) is 28.8. The van der Waals surface area contributed by atoms with Crippen LogP contribution in [0.1, 0.15) is 25.0 Å². The van der Waals surface area contributed by atoms with Crippen LogP contribution >= 0.6 is 0 Å². The van der Waals surface area contributed by atoms with Crippen LogP contribution in [-0.4, -0.2) is 43.0 Å². The first-order valence-electron chi connectivity index (χ1n) is 11.8. The number of alkyl carbamates (subject to hydrolysis) is 1. The summed E-state index contributed by atoms with van der Waals surface area (Å²) < 4.78 is 10.7. The molecule has 2 amide bonds. The summed E-state index contributed by atoms with van der Waals surface area (Å²) in [5.41, 5.74) is 5.17. The highest BCUT2D eigenvalue weighted by Gasteiger charge is 2.23. The Morgan fingerprint density at radius 3 is 2.56 bits per heavy atom. The number of ether oxygens (including phenoxy) is 2. The summed E-state index contributed by atoms with van der Waals surface area (Å²) in [5, 5.41) is 9.83. The fourth-order valence-corrected chi connectivity index (χ4v) is 3.98. The third kappa shape index (κ3) is 5.83. The zero-order valence-electron chi connectivity index (χ0n) is 20.6. The van der Waals surface area contributed by atoms with E-state index in [1.165, 1.54) is 0 Å². The second-order valence-electron chi connectivity index (χ2n) is 8.89. The van der Waals surface area contributed by atoms with E-state index in [0.29, 0.717) is 5.75 Å². The summed E-state index contributed by atoms with van der Waals surface area (Å²) in [6.45, 7) is 4.14. The Kier molecular flexibility index (Phi) is 7.85. The number of aromatic amines is 1. The van der Waals surface area contributed by atoms with E-state index in [0.717, 1.165) is 32.8 Å². The number of para-hydroxylation sites is 1. The van der Waals surface area contributed by atoms with Crippen molar-refractivity contribution in [3.63, 3.8) is 0 Å². The molecule has 0 radical (unpaired) electrons. The van der Waals surface area contributed by atoms with Gasteiger partial charge in [0.2, 0.25) is 0 Å². The highest BCUT2D eigenvalue weighted by Crippen LogP contribution is 2.26. The van der Waals surface area contributed by atoms with Crippen molar-refractivity contribution >= 4 is 39.9 Å². The largest absolute Gasteiger partial charge is 0.496 e. The molecule has 4 aromatic rings. The van der Waals surface area contributed by atoms with Crippen LogP contribution in [-0.2, 0) is 16.0 Å². The molecule has 1 unspecified atom stereocenters. The summed E-state index contributed by atoms with van der Waals surface area (Å²) in [5.74, 6) is 0.353. The van der Waals surface area contributed by atoms with Crippen molar-refractivity contribution in [3.05, 3.63) is 78.0 Å². The Morgan fingerprint density at radius 2 is 1.78 bits per heavy atom. The van der Waals surface area contributed by atoms with Crippen LogP contribution in [0.25, 0.3) is 21.7 Å². The SMILES string of the molecule is COc1ccc2ccccc2c1C=NNC(=O)C(Cc1c[nH]c2ccccc12)NC(=O)OCC(C)C. The molecule has 0 saturated heterocycles. The van der Waals surface area contributed by atoms with Crippen molar-refractivity contribution in [2.75, 3.05) is 13.7 Å². The molecule has 1 atom stereocenters. The number of benzene rings is 3. The molecule has 0 aliphatic rings. The Labute approximate surface area is 209 Å². The quantitative estimate of drug-likeness (QED) is 0.234. The monoisotopic (exact) mass is 486 g/mol. The van der Waals surface area contributed by atoms with Gasteiger partial charge in [-0.15, -0.1) is 0 Å². The smallest absolute Gasteiger partial charge is 0.407 e. The molecule has 0 spiro atoms. The lowest BCUT2D eigenvalue weighted by molar-refractivity contribution is -0.123. The maximum Gasteiger partial charge on any atom is 0.407 e. The summed E-state index contributed by atoms with van der Waals surface area (Å²) in [6.07, 6.45) is 3.01. The third-order valence-corrected chi connectivity index (χ3v) is 5.77. The van der Waals surface area contributed by atoms with Gasteiger partial charge in [-0.3, -0.25) is 4.79 Å². The van der Waals surface area contributed by atoms with E-state index in [-0.39, 0.29) is 18.9 Å². The van der Waals surface area contributed by atoms with Crippen LogP contribution in [0.3, 0.4) is 0 Å². The number of carbonyl (C=O) groups excluding carboxylic acids is 2. The average Bonchev–Trinajstić information content (AvgIpc) is 3.29. The lowest BCUT2D eigenvalue weighted by Crippen LogP contribution is -2.47. The van der Waals surface area contributed by atoms with E-state index in [1.807, 2.05) is 80.7 Å². The first-order valence-corrected chi connectivity index (χ1v) is 11.8. The molecular weight excluding hydrogens is 456 g/mol. The van der Waals surface area contributed by atoms with Gasteiger partial charge in [0.05, 0.1) is 19.9 Å². The number of H-pyrrole nitrogens is 1. The Balaban J connectivity index is 1.54. The molecule has 36 heavy (non-hydrogen) atoms. The first-order chi connectivity index (χ1) is 17.5. The Morgan fingerprint density at radius 1 is 1.03 bits per heavy atom. The van der Waals surface area contributed by atoms with Gasteiger partial charge in [0.25, 0.3) is 5.91 Å². The molecular formula is C28H30N4O4. The topological polar surface area (TPSA) is 105 Å². The van der Waals surface area contributed by atoms with Crippen molar-refractivity contribution in [1.29, 1.82) is 0 Å². The molecule has 4 rings (SSSR count). The number of hydrogen-bond donors (Lipinski definition) is 3. The van der Waals surface area contributed by atoms with Crippen molar-refractivity contribution in [3.8, 4) is 5.75 Å². The van der Waals surface area contributed by atoms with E-state index in [4.69, 9.17) is 9.47 Å². The number of nitrogens with one attached hydrogen (secondary N) is 3. The van der Waals surface area contributed by atoms with Crippen LogP contribution in [0.5, 0.6) is 5.75 Å². The molecule has 0 bridgehead atoms. The van der Waals surface area contributed by atoms with E-state index in [9.17, 15) is 9.59 Å². The van der Waals surface area contributed by atoms with Crippen LogP contribution in [0.4, 0.5) is 4.79 Å². The number of aromatic nitrogens is 1. The second kappa shape index (κ2) is 11.4. The van der Waals surface area contributed by atoms with Gasteiger partial charge in [-0.2, -0.15) is 5.10 Å². The van der Waals surface area contributed by atoms with Gasteiger partial charge in [0.1, 0.15) is 11.8 Å². The minimum Gasteiger partial charge on any atom is -0.496 e. The zero-order chi connectivity index (χ0) is 25.5. The van der Waals surface area contributed by atoms with Gasteiger partial charge in [-0.05, 0) is 34.4 Å². The maximum atomic E-state index is 13.2. The molecule has 3 aromatic carbocycles. The van der Waals surface area contributed by atoms with Gasteiger partial charge >= 0.3 is 6.09 Å². The molecule has 0 saturated carbocycles. The van der Waals surface area contributed by atoms with Crippen molar-refractivity contribution in [2.24, 2.45) is 11.0 Å². The number of amides is 2. The van der Waals surface area contributed by atoms with Crippen LogP contribution in [0.2, 0.25) is 0 Å². The van der Waals surface area contributed by atoms with E-state index < -0.39 is 18.0 Å². The van der Waals surface area contributed by atoms with Gasteiger partial charge in [-0.1, -0.05) is 62.4 Å². The third-order valence-electron chi connectivity index (χ3n) is 5.77. The zero-order valence-corrected chi connectivity index (χ0v) is 20.6. The number of nitrogens with zero attached hydrogens (tertiary/aromatic N) is 1. The average molecular weight is 487 g/mol. The van der Waals surface area contributed by atoms with Crippen LogP contribution in [0.15, 0.2) is 72.0 Å². The normalized spacial score (nSPS) is 12.2. The summed E-state index contributed by atoms with van der Waals surface area (Å²) in [6, 6.07) is 18.6.